The van der Waals surface area contributed by atoms with Crippen LogP contribution in [-0.2, 0) is 19.9 Å². The van der Waals surface area contributed by atoms with Crippen LogP contribution >= 0.6 is 0 Å². The lowest BCUT2D eigenvalue weighted by molar-refractivity contribution is 0.173. The van der Waals surface area contributed by atoms with Crippen molar-refractivity contribution in [1.29, 1.82) is 0 Å². The maximum Gasteiger partial charge on any atom is 0.126 e. The second kappa shape index (κ2) is 5.66. The van der Waals surface area contributed by atoms with Crippen LogP contribution in [0.4, 0.5) is 4.39 Å². The molecule has 0 aliphatic carbocycles. The number of hydrogen-bond donors (Lipinski definition) is 1. The molecule has 108 valence electrons. The lowest BCUT2D eigenvalue weighted by Crippen LogP contribution is -2.15. The second-order valence-corrected chi connectivity index (χ2v) is 5.24. The number of aryl methyl sites for hydroxylation is 1. The summed E-state index contributed by atoms with van der Waals surface area (Å²) < 4.78 is 15.4. The molecule has 0 radical (unpaired) electrons. The Kier molecular flexibility index (Phi) is 3.71. The molecule has 0 amide bonds. The van der Waals surface area contributed by atoms with Crippen molar-refractivity contribution in [2.45, 2.75) is 18.9 Å². The molecule has 0 aliphatic heterocycles. The van der Waals surface area contributed by atoms with E-state index >= 15 is 0 Å². The molecule has 0 aliphatic rings. The van der Waals surface area contributed by atoms with Crippen molar-refractivity contribution in [2.24, 2.45) is 7.05 Å². The molecule has 0 fully saturated rings. The smallest absolute Gasteiger partial charge is 0.126 e. The normalized spacial score (nSPS) is 12.7. The van der Waals surface area contributed by atoms with E-state index in [1.54, 1.807) is 22.9 Å². The maximum absolute atomic E-state index is 13.6. The van der Waals surface area contributed by atoms with Gasteiger partial charge < -0.3 is 5.11 Å². The van der Waals surface area contributed by atoms with Crippen molar-refractivity contribution in [1.82, 2.24) is 9.78 Å². The standard InChI is InChI=1S/C17H17FN2O/c1-20-17-9-5-3-7-14(17)16(19-20)11-13(21)10-12-6-2-4-8-15(12)18/h2-9,13,21H,10-11H2,1H3. The molecule has 1 aromatic heterocycles. The van der Waals surface area contributed by atoms with Crippen LogP contribution in [0.2, 0.25) is 0 Å². The molecule has 2 aromatic carbocycles. The van der Waals surface area contributed by atoms with Gasteiger partial charge in [0.2, 0.25) is 0 Å². The van der Waals surface area contributed by atoms with Gasteiger partial charge in [-0.05, 0) is 17.7 Å². The fourth-order valence-electron chi connectivity index (χ4n) is 2.65. The van der Waals surface area contributed by atoms with Crippen molar-refractivity contribution in [2.75, 3.05) is 0 Å². The third kappa shape index (κ3) is 2.81. The number of halogens is 1. The van der Waals surface area contributed by atoms with Crippen molar-refractivity contribution < 1.29 is 9.50 Å². The third-order valence-corrected chi connectivity index (χ3v) is 3.68. The van der Waals surface area contributed by atoms with Crippen LogP contribution < -0.4 is 0 Å². The Morgan fingerprint density at radius 2 is 1.81 bits per heavy atom. The Bertz CT molecular complexity index is 766. The van der Waals surface area contributed by atoms with E-state index in [0.717, 1.165) is 16.6 Å². The SMILES string of the molecule is Cn1nc(CC(O)Cc2ccccc2F)c2ccccc21. The summed E-state index contributed by atoms with van der Waals surface area (Å²) in [5.41, 5.74) is 2.41. The van der Waals surface area contributed by atoms with Gasteiger partial charge in [-0.1, -0.05) is 36.4 Å². The van der Waals surface area contributed by atoms with Gasteiger partial charge in [0.15, 0.2) is 0 Å². The first-order chi connectivity index (χ1) is 10.1. The van der Waals surface area contributed by atoms with E-state index in [1.165, 1.54) is 6.07 Å². The highest BCUT2D eigenvalue weighted by molar-refractivity contribution is 5.81. The predicted molar refractivity (Wildman–Crippen MR) is 80.5 cm³/mol. The van der Waals surface area contributed by atoms with E-state index in [-0.39, 0.29) is 12.2 Å². The lowest BCUT2D eigenvalue weighted by Gasteiger charge is -2.10. The number of benzene rings is 2. The molecule has 1 unspecified atom stereocenters. The minimum absolute atomic E-state index is 0.276. The Morgan fingerprint density at radius 3 is 2.62 bits per heavy atom. The Labute approximate surface area is 122 Å². The zero-order chi connectivity index (χ0) is 14.8. The second-order valence-electron chi connectivity index (χ2n) is 5.24. The number of hydrogen-bond acceptors (Lipinski definition) is 2. The Balaban J connectivity index is 1.81. The van der Waals surface area contributed by atoms with E-state index in [1.807, 2.05) is 31.3 Å². The number of fused-ring (bicyclic) bond motifs is 1. The van der Waals surface area contributed by atoms with Crippen molar-refractivity contribution >= 4 is 10.9 Å². The van der Waals surface area contributed by atoms with Gasteiger partial charge in [0.1, 0.15) is 5.82 Å². The summed E-state index contributed by atoms with van der Waals surface area (Å²) in [7, 11) is 1.88. The topological polar surface area (TPSA) is 38.0 Å². The summed E-state index contributed by atoms with van der Waals surface area (Å²) in [6.45, 7) is 0. The third-order valence-electron chi connectivity index (χ3n) is 3.68. The van der Waals surface area contributed by atoms with Crippen LogP contribution in [0.5, 0.6) is 0 Å². The highest BCUT2D eigenvalue weighted by Gasteiger charge is 2.14. The first-order valence-electron chi connectivity index (χ1n) is 6.97. The molecular formula is C17H17FN2O. The predicted octanol–water partition coefficient (Wildman–Crippen LogP) is 2.86. The average Bonchev–Trinajstić information content (AvgIpc) is 2.79. The van der Waals surface area contributed by atoms with Crippen LogP contribution in [0.3, 0.4) is 0 Å². The van der Waals surface area contributed by atoms with Crippen LogP contribution in [0, 0.1) is 5.82 Å². The van der Waals surface area contributed by atoms with Gasteiger partial charge in [-0.3, -0.25) is 4.68 Å². The molecule has 0 saturated carbocycles. The average molecular weight is 284 g/mol. The van der Waals surface area contributed by atoms with Gasteiger partial charge in [-0.25, -0.2) is 4.39 Å². The monoisotopic (exact) mass is 284 g/mol. The molecule has 21 heavy (non-hydrogen) atoms. The Morgan fingerprint density at radius 1 is 1.10 bits per heavy atom. The van der Waals surface area contributed by atoms with Gasteiger partial charge in [-0.15, -0.1) is 0 Å². The maximum atomic E-state index is 13.6. The van der Waals surface area contributed by atoms with E-state index in [9.17, 15) is 9.50 Å². The molecule has 1 atom stereocenters. The van der Waals surface area contributed by atoms with E-state index in [4.69, 9.17) is 0 Å². The number of nitrogens with zero attached hydrogens (tertiary/aromatic N) is 2. The zero-order valence-electron chi connectivity index (χ0n) is 11.8. The highest BCUT2D eigenvalue weighted by atomic mass is 19.1. The van der Waals surface area contributed by atoms with Crippen LogP contribution in [0.1, 0.15) is 11.3 Å². The van der Waals surface area contributed by atoms with Gasteiger partial charge in [0.05, 0.1) is 17.3 Å². The van der Waals surface area contributed by atoms with E-state index in [2.05, 4.69) is 5.10 Å². The Hall–Kier alpha value is -2.20. The van der Waals surface area contributed by atoms with Gasteiger partial charge >= 0.3 is 0 Å². The van der Waals surface area contributed by atoms with Crippen molar-refractivity contribution in [3.63, 3.8) is 0 Å². The number of aliphatic hydroxyl groups is 1. The van der Waals surface area contributed by atoms with Crippen LogP contribution in [-0.4, -0.2) is 21.0 Å². The number of para-hydroxylation sites is 1. The number of aromatic nitrogens is 2. The van der Waals surface area contributed by atoms with Crippen LogP contribution in [0.25, 0.3) is 10.9 Å². The first-order valence-corrected chi connectivity index (χ1v) is 6.97. The summed E-state index contributed by atoms with van der Waals surface area (Å²) in [6, 6.07) is 14.5. The van der Waals surface area contributed by atoms with Gasteiger partial charge in [0.25, 0.3) is 0 Å². The summed E-state index contributed by atoms with van der Waals surface area (Å²) in [5.74, 6) is -0.276. The number of aliphatic hydroxyl groups excluding tert-OH is 1. The summed E-state index contributed by atoms with van der Waals surface area (Å²) in [6.07, 6.45) is 0.0491. The zero-order valence-corrected chi connectivity index (χ0v) is 11.8. The fraction of sp³-hybridized carbons (Fsp3) is 0.235. The summed E-state index contributed by atoms with van der Waals surface area (Å²) in [5, 5.41) is 15.7. The molecule has 0 saturated heterocycles. The molecular weight excluding hydrogens is 267 g/mol. The van der Waals surface area contributed by atoms with Crippen LogP contribution in [0.15, 0.2) is 48.5 Å². The molecule has 1 N–H and O–H groups in total. The molecule has 0 spiro atoms. The molecule has 3 aromatic rings. The van der Waals surface area contributed by atoms with Gasteiger partial charge in [0, 0.05) is 25.3 Å². The van der Waals surface area contributed by atoms with Crippen molar-refractivity contribution in [3.8, 4) is 0 Å². The minimum Gasteiger partial charge on any atom is -0.392 e. The fourth-order valence-corrected chi connectivity index (χ4v) is 2.65. The number of rotatable bonds is 4. The minimum atomic E-state index is -0.653. The first kappa shape index (κ1) is 13.8. The molecule has 4 heteroatoms. The lowest BCUT2D eigenvalue weighted by atomic mass is 10.0. The van der Waals surface area contributed by atoms with E-state index < -0.39 is 6.10 Å². The van der Waals surface area contributed by atoms with Gasteiger partial charge in [-0.2, -0.15) is 5.10 Å². The van der Waals surface area contributed by atoms with Crippen molar-refractivity contribution in [3.05, 3.63) is 65.6 Å². The molecule has 3 nitrogen and oxygen atoms in total. The molecule has 3 rings (SSSR count). The quantitative estimate of drug-likeness (QED) is 0.800. The van der Waals surface area contributed by atoms with E-state index in [0.29, 0.717) is 12.0 Å². The largest absolute Gasteiger partial charge is 0.392 e. The summed E-state index contributed by atoms with van der Waals surface area (Å²) >= 11 is 0. The molecule has 1 heterocycles. The molecule has 0 bridgehead atoms. The highest BCUT2D eigenvalue weighted by Crippen LogP contribution is 2.20. The summed E-state index contributed by atoms with van der Waals surface area (Å²) in [4.78, 5) is 0.